The Morgan fingerprint density at radius 2 is 2.05 bits per heavy atom. The number of H-pyrrole nitrogens is 1. The van der Waals surface area contributed by atoms with Gasteiger partial charge >= 0.3 is 5.97 Å². The van der Waals surface area contributed by atoms with E-state index in [9.17, 15) is 13.6 Å². The number of carboxylic acids is 1. The summed E-state index contributed by atoms with van der Waals surface area (Å²) in [5.74, 6) is -3.01. The molecule has 21 heavy (non-hydrogen) atoms. The van der Waals surface area contributed by atoms with Crippen molar-refractivity contribution in [1.82, 2.24) is 9.97 Å². The number of benzene rings is 1. The molecule has 2 N–H and O–H groups in total. The summed E-state index contributed by atoms with van der Waals surface area (Å²) in [6.07, 6.45) is 1.55. The number of carboxylic acid groups (broad SMARTS) is 1. The number of fused-ring (bicyclic) bond motifs is 1. The van der Waals surface area contributed by atoms with Gasteiger partial charge in [0, 0.05) is 17.1 Å². The second-order valence-corrected chi connectivity index (χ2v) is 4.73. The van der Waals surface area contributed by atoms with Crippen LogP contribution in [-0.2, 0) is 0 Å². The van der Waals surface area contributed by atoms with E-state index in [2.05, 4.69) is 9.97 Å². The Labute approximate surface area is 122 Å². The predicted octanol–water partition coefficient (Wildman–Crippen LogP) is 3.86. The number of aromatic amines is 1. The van der Waals surface area contributed by atoms with Gasteiger partial charge in [-0.2, -0.15) is 0 Å². The third-order valence-electron chi connectivity index (χ3n) is 3.05. The molecule has 0 atom stereocenters. The third-order valence-corrected chi connectivity index (χ3v) is 3.34. The number of pyridine rings is 1. The molecule has 0 aliphatic rings. The molecule has 0 aliphatic carbocycles. The molecule has 7 heteroatoms. The molecule has 2 aromatic heterocycles. The molecule has 3 rings (SSSR count). The molecular weight excluding hydrogens is 302 g/mol. The number of hydrogen-bond acceptors (Lipinski definition) is 2. The maximum absolute atomic E-state index is 14.4. The van der Waals surface area contributed by atoms with Crippen molar-refractivity contribution in [2.24, 2.45) is 0 Å². The topological polar surface area (TPSA) is 66.0 Å². The number of aromatic nitrogens is 2. The fourth-order valence-electron chi connectivity index (χ4n) is 2.08. The maximum Gasteiger partial charge on any atom is 0.356 e. The second-order valence-electron chi connectivity index (χ2n) is 4.32. The Morgan fingerprint density at radius 3 is 2.76 bits per heavy atom. The van der Waals surface area contributed by atoms with E-state index in [1.807, 2.05) is 0 Å². The lowest BCUT2D eigenvalue weighted by molar-refractivity contribution is 0.0690. The van der Waals surface area contributed by atoms with Crippen molar-refractivity contribution in [1.29, 1.82) is 0 Å². The van der Waals surface area contributed by atoms with Crippen LogP contribution in [0.4, 0.5) is 8.78 Å². The largest absolute Gasteiger partial charge is 0.476 e. The van der Waals surface area contributed by atoms with E-state index in [0.717, 1.165) is 6.07 Å². The van der Waals surface area contributed by atoms with Gasteiger partial charge in [-0.05, 0) is 18.2 Å². The number of halogens is 3. The summed E-state index contributed by atoms with van der Waals surface area (Å²) in [5, 5.41) is 9.24. The van der Waals surface area contributed by atoms with Gasteiger partial charge in [-0.1, -0.05) is 17.7 Å². The predicted molar refractivity (Wildman–Crippen MR) is 73.4 cm³/mol. The van der Waals surface area contributed by atoms with E-state index in [1.165, 1.54) is 6.07 Å². The maximum atomic E-state index is 14.4. The van der Waals surface area contributed by atoms with Crippen molar-refractivity contribution in [2.75, 3.05) is 0 Å². The molecule has 0 amide bonds. The first-order chi connectivity index (χ1) is 9.99. The Kier molecular flexibility index (Phi) is 3.10. The zero-order chi connectivity index (χ0) is 15.1. The number of nitrogens with zero attached hydrogens (tertiary/aromatic N) is 1. The Balaban J connectivity index is 2.29. The van der Waals surface area contributed by atoms with E-state index in [4.69, 9.17) is 16.7 Å². The van der Waals surface area contributed by atoms with Crippen LogP contribution in [0.2, 0.25) is 5.02 Å². The highest BCUT2D eigenvalue weighted by molar-refractivity contribution is 6.33. The summed E-state index contributed by atoms with van der Waals surface area (Å²) in [4.78, 5) is 17.3. The Bertz CT molecular complexity index is 877. The first-order valence-electron chi connectivity index (χ1n) is 5.84. The van der Waals surface area contributed by atoms with Crippen LogP contribution >= 0.6 is 11.6 Å². The van der Waals surface area contributed by atoms with E-state index >= 15 is 0 Å². The minimum absolute atomic E-state index is 0.137. The van der Waals surface area contributed by atoms with Crippen LogP contribution < -0.4 is 0 Å². The number of aromatic carboxylic acids is 1. The van der Waals surface area contributed by atoms with Crippen LogP contribution in [0, 0.1) is 11.6 Å². The summed E-state index contributed by atoms with van der Waals surface area (Å²) in [7, 11) is 0. The molecule has 0 fully saturated rings. The van der Waals surface area contributed by atoms with Crippen molar-refractivity contribution >= 4 is 28.5 Å². The minimum Gasteiger partial charge on any atom is -0.476 e. The molecule has 0 spiro atoms. The molecule has 0 unspecified atom stereocenters. The van der Waals surface area contributed by atoms with Crippen LogP contribution in [0.15, 0.2) is 30.5 Å². The van der Waals surface area contributed by atoms with Crippen molar-refractivity contribution in [3.8, 4) is 11.3 Å². The van der Waals surface area contributed by atoms with Gasteiger partial charge in [-0.15, -0.1) is 0 Å². The van der Waals surface area contributed by atoms with Gasteiger partial charge in [-0.3, -0.25) is 0 Å². The van der Waals surface area contributed by atoms with Crippen molar-refractivity contribution in [3.05, 3.63) is 52.8 Å². The lowest BCUT2D eigenvalue weighted by Gasteiger charge is -2.07. The molecule has 1 aromatic carbocycles. The summed E-state index contributed by atoms with van der Waals surface area (Å²) >= 11 is 5.62. The molecule has 0 saturated carbocycles. The molecule has 0 saturated heterocycles. The Morgan fingerprint density at radius 1 is 1.29 bits per heavy atom. The summed E-state index contributed by atoms with van der Waals surface area (Å²) in [6.45, 7) is 0. The van der Waals surface area contributed by atoms with Gasteiger partial charge in [-0.25, -0.2) is 18.6 Å². The standard InChI is InChI=1S/C14H7ClF2N2O2/c15-8-5-9(16)12(19-13(8)14(20)21)7-2-1-6-3-4-18-11(6)10(7)17/h1-5,18H,(H,20,21). The SMILES string of the molecule is O=C(O)c1nc(-c2ccc3cc[nH]c3c2F)c(F)cc1Cl. The first-order valence-corrected chi connectivity index (χ1v) is 6.22. The molecule has 0 bridgehead atoms. The van der Waals surface area contributed by atoms with Crippen LogP contribution in [0.25, 0.3) is 22.2 Å². The van der Waals surface area contributed by atoms with Crippen LogP contribution in [0.1, 0.15) is 10.5 Å². The third kappa shape index (κ3) is 2.13. The van der Waals surface area contributed by atoms with Gasteiger partial charge in [0.15, 0.2) is 17.3 Å². The highest BCUT2D eigenvalue weighted by Gasteiger charge is 2.20. The number of carbonyl (C=O) groups is 1. The number of hydrogen-bond donors (Lipinski definition) is 2. The van der Waals surface area contributed by atoms with Crippen molar-refractivity contribution in [3.63, 3.8) is 0 Å². The number of rotatable bonds is 2. The molecular formula is C14H7ClF2N2O2. The van der Waals surface area contributed by atoms with Crippen LogP contribution in [0.5, 0.6) is 0 Å². The van der Waals surface area contributed by atoms with Gasteiger partial charge in [0.1, 0.15) is 5.69 Å². The van der Waals surface area contributed by atoms with Crippen molar-refractivity contribution in [2.45, 2.75) is 0 Å². The summed E-state index contributed by atoms with van der Waals surface area (Å²) in [5.41, 5.74) is -0.869. The highest BCUT2D eigenvalue weighted by atomic mass is 35.5. The fraction of sp³-hybridized carbons (Fsp3) is 0. The van der Waals surface area contributed by atoms with Gasteiger partial charge in [0.2, 0.25) is 0 Å². The van der Waals surface area contributed by atoms with Gasteiger partial charge in [0.25, 0.3) is 0 Å². The van der Waals surface area contributed by atoms with E-state index in [-0.39, 0.29) is 16.1 Å². The average molecular weight is 309 g/mol. The van der Waals surface area contributed by atoms with Crippen molar-refractivity contribution < 1.29 is 18.7 Å². The van der Waals surface area contributed by atoms with Gasteiger partial charge in [0.05, 0.1) is 10.5 Å². The summed E-state index contributed by atoms with van der Waals surface area (Å²) in [6, 6.07) is 5.40. The fourth-order valence-corrected chi connectivity index (χ4v) is 2.30. The van der Waals surface area contributed by atoms with Crippen LogP contribution in [-0.4, -0.2) is 21.0 Å². The average Bonchev–Trinajstić information content (AvgIpc) is 2.89. The second kappa shape index (κ2) is 4.82. The highest BCUT2D eigenvalue weighted by Crippen LogP contribution is 2.30. The number of nitrogens with one attached hydrogen (secondary N) is 1. The molecule has 2 heterocycles. The zero-order valence-electron chi connectivity index (χ0n) is 10.3. The minimum atomic E-state index is -1.41. The molecule has 106 valence electrons. The quantitative estimate of drug-likeness (QED) is 0.755. The molecule has 4 nitrogen and oxygen atoms in total. The zero-order valence-corrected chi connectivity index (χ0v) is 11.1. The lowest BCUT2D eigenvalue weighted by Crippen LogP contribution is -2.05. The summed E-state index contributed by atoms with van der Waals surface area (Å²) < 4.78 is 28.4. The van der Waals surface area contributed by atoms with Crippen LogP contribution in [0.3, 0.4) is 0 Å². The molecule has 0 aliphatic heterocycles. The van der Waals surface area contributed by atoms with E-state index < -0.39 is 29.0 Å². The molecule has 0 radical (unpaired) electrons. The van der Waals surface area contributed by atoms with E-state index in [1.54, 1.807) is 18.3 Å². The lowest BCUT2D eigenvalue weighted by atomic mass is 10.1. The first kappa shape index (κ1) is 13.5. The molecule has 3 aromatic rings. The van der Waals surface area contributed by atoms with E-state index in [0.29, 0.717) is 5.39 Å². The smallest absolute Gasteiger partial charge is 0.356 e. The monoisotopic (exact) mass is 308 g/mol. The Hall–Kier alpha value is -2.47. The normalized spacial score (nSPS) is 11.0. The van der Waals surface area contributed by atoms with Gasteiger partial charge < -0.3 is 10.1 Å².